The zero-order valence-corrected chi connectivity index (χ0v) is 17.2. The normalized spacial score (nSPS) is 18.6. The van der Waals surface area contributed by atoms with Crippen molar-refractivity contribution in [3.05, 3.63) is 71.8 Å². The molecular weight excluding hydrogens is 420 g/mol. The quantitative estimate of drug-likeness (QED) is 0.460. The van der Waals surface area contributed by atoms with E-state index in [1.807, 2.05) is 30.3 Å². The van der Waals surface area contributed by atoms with Crippen LogP contribution in [-0.2, 0) is 10.3 Å². The van der Waals surface area contributed by atoms with Crippen LogP contribution in [0.1, 0.15) is 18.1 Å². The number of amides is 3. The van der Waals surface area contributed by atoms with Crippen molar-refractivity contribution >= 4 is 28.9 Å². The first-order valence-corrected chi connectivity index (χ1v) is 9.65. The molecule has 1 saturated heterocycles. The number of hydrogen-bond acceptors (Lipinski definition) is 5. The number of rotatable bonds is 6. The number of benzene rings is 3. The lowest BCUT2D eigenvalue weighted by atomic mass is 9.92. The van der Waals surface area contributed by atoms with Crippen LogP contribution >= 0.6 is 0 Å². The van der Waals surface area contributed by atoms with Crippen LogP contribution in [0.5, 0.6) is 11.5 Å². The molecule has 3 amide bonds. The van der Waals surface area contributed by atoms with Gasteiger partial charge in [-0.3, -0.25) is 4.79 Å². The van der Waals surface area contributed by atoms with E-state index in [1.165, 1.54) is 44.5 Å². The number of carbonyl (C=O) groups excluding carboxylic acids is 2. The molecule has 164 valence electrons. The molecule has 1 aliphatic heterocycles. The van der Waals surface area contributed by atoms with Gasteiger partial charge in [-0.2, -0.15) is 13.9 Å². The molecule has 1 heterocycles. The summed E-state index contributed by atoms with van der Waals surface area (Å²) >= 11 is 0. The Morgan fingerprint density at radius 3 is 2.47 bits per heavy atom. The minimum absolute atomic E-state index is 0.0537. The van der Waals surface area contributed by atoms with Crippen molar-refractivity contribution < 1.29 is 27.8 Å². The average molecular weight is 439 g/mol. The predicted molar refractivity (Wildman–Crippen MR) is 114 cm³/mol. The fourth-order valence-corrected chi connectivity index (χ4v) is 3.60. The lowest BCUT2D eigenvalue weighted by molar-refractivity contribution is -0.131. The summed E-state index contributed by atoms with van der Waals surface area (Å²) in [6, 6.07) is 16.0. The van der Waals surface area contributed by atoms with Crippen LogP contribution in [-0.4, -0.2) is 36.9 Å². The van der Waals surface area contributed by atoms with E-state index in [2.05, 4.69) is 15.2 Å². The molecule has 0 aromatic heterocycles. The van der Waals surface area contributed by atoms with E-state index in [0.29, 0.717) is 16.9 Å². The number of hydrazone groups is 1. The number of fused-ring (bicyclic) bond motifs is 1. The number of alkyl halides is 2. The molecule has 1 aliphatic rings. The Morgan fingerprint density at radius 2 is 1.78 bits per heavy atom. The molecule has 32 heavy (non-hydrogen) atoms. The number of nitrogens with one attached hydrogen (secondary N) is 1. The third-order valence-electron chi connectivity index (χ3n) is 5.28. The van der Waals surface area contributed by atoms with Gasteiger partial charge in [-0.15, -0.1) is 5.01 Å². The Kier molecular flexibility index (Phi) is 5.48. The second-order valence-electron chi connectivity index (χ2n) is 7.22. The molecule has 0 unspecified atom stereocenters. The van der Waals surface area contributed by atoms with Crippen molar-refractivity contribution in [1.82, 2.24) is 10.3 Å². The Labute approximate surface area is 182 Å². The molecule has 4 rings (SSSR count). The van der Waals surface area contributed by atoms with Crippen LogP contribution < -0.4 is 14.8 Å². The van der Waals surface area contributed by atoms with Crippen LogP contribution in [0.15, 0.2) is 65.8 Å². The maximum atomic E-state index is 13.1. The van der Waals surface area contributed by atoms with Gasteiger partial charge in [-0.25, -0.2) is 4.79 Å². The molecule has 0 saturated carbocycles. The van der Waals surface area contributed by atoms with Crippen molar-refractivity contribution in [2.45, 2.75) is 19.1 Å². The van der Waals surface area contributed by atoms with Gasteiger partial charge in [0.1, 0.15) is 17.0 Å². The van der Waals surface area contributed by atoms with Gasteiger partial charge >= 0.3 is 12.6 Å². The lowest BCUT2D eigenvalue weighted by Gasteiger charge is -2.21. The highest BCUT2D eigenvalue weighted by molar-refractivity contribution is 6.09. The zero-order valence-electron chi connectivity index (χ0n) is 17.2. The van der Waals surface area contributed by atoms with E-state index < -0.39 is 24.1 Å². The van der Waals surface area contributed by atoms with Gasteiger partial charge < -0.3 is 14.8 Å². The summed E-state index contributed by atoms with van der Waals surface area (Å²) in [6.45, 7) is -1.44. The van der Waals surface area contributed by atoms with Gasteiger partial charge in [0.15, 0.2) is 0 Å². The molecule has 1 fully saturated rings. The topological polar surface area (TPSA) is 80.2 Å². The van der Waals surface area contributed by atoms with Crippen LogP contribution in [0.4, 0.5) is 13.6 Å². The molecule has 0 aliphatic carbocycles. The first-order chi connectivity index (χ1) is 15.3. The number of halogens is 2. The highest BCUT2D eigenvalue weighted by Gasteiger charge is 2.49. The van der Waals surface area contributed by atoms with Gasteiger partial charge in [-0.05, 0) is 41.5 Å². The number of imide groups is 1. The summed E-state index contributed by atoms with van der Waals surface area (Å²) in [5.74, 6) is -0.126. The SMILES string of the molecule is COc1ccc2ccccc2c1/C=N\N1C(=O)N[C@](C)(c2ccc(OC(F)F)cc2)C1=O. The summed E-state index contributed by atoms with van der Waals surface area (Å²) in [5.41, 5.74) is -0.396. The molecule has 0 bridgehead atoms. The standard InChI is InChI=1S/C23H19F2N3O4/c1-23(15-8-10-16(11-9-15)32-21(24)25)20(29)28(22(30)27-23)26-13-18-17-6-4-3-5-14(17)7-12-19(18)31-2/h3-13,21H,1-2H3,(H,27,30)/b26-13-/t23-/m1/s1. The maximum absolute atomic E-state index is 13.1. The van der Waals surface area contributed by atoms with Crippen LogP contribution in [0.25, 0.3) is 10.8 Å². The molecule has 0 radical (unpaired) electrons. The van der Waals surface area contributed by atoms with Crippen LogP contribution in [0.2, 0.25) is 0 Å². The van der Waals surface area contributed by atoms with Gasteiger partial charge in [0.2, 0.25) is 0 Å². The minimum Gasteiger partial charge on any atom is -0.496 e. The Hall–Kier alpha value is -4.01. The van der Waals surface area contributed by atoms with Gasteiger partial charge in [0, 0.05) is 5.56 Å². The summed E-state index contributed by atoms with van der Waals surface area (Å²) in [7, 11) is 1.52. The Balaban J connectivity index is 1.64. The molecule has 0 spiro atoms. The van der Waals surface area contributed by atoms with Gasteiger partial charge in [0.25, 0.3) is 5.91 Å². The number of methoxy groups -OCH3 is 1. The fraction of sp³-hybridized carbons (Fsp3) is 0.174. The molecule has 7 nitrogen and oxygen atoms in total. The highest BCUT2D eigenvalue weighted by Crippen LogP contribution is 2.31. The van der Waals surface area contributed by atoms with Crippen LogP contribution in [0, 0.1) is 0 Å². The zero-order chi connectivity index (χ0) is 22.9. The third-order valence-corrected chi connectivity index (χ3v) is 5.28. The second kappa shape index (κ2) is 8.26. The van der Waals surface area contributed by atoms with Crippen molar-refractivity contribution in [2.24, 2.45) is 5.10 Å². The van der Waals surface area contributed by atoms with Gasteiger partial charge in [0.05, 0.1) is 13.3 Å². The van der Waals surface area contributed by atoms with E-state index in [1.54, 1.807) is 6.07 Å². The van der Waals surface area contributed by atoms with Crippen molar-refractivity contribution in [3.63, 3.8) is 0 Å². The van der Waals surface area contributed by atoms with E-state index >= 15 is 0 Å². The second-order valence-corrected chi connectivity index (χ2v) is 7.22. The summed E-state index contributed by atoms with van der Waals surface area (Å²) in [5, 5.41) is 9.28. The molecule has 3 aromatic carbocycles. The lowest BCUT2D eigenvalue weighted by Crippen LogP contribution is -2.40. The molecular formula is C23H19F2N3O4. The van der Waals surface area contributed by atoms with Crippen molar-refractivity contribution in [2.75, 3.05) is 7.11 Å². The molecule has 1 N–H and O–H groups in total. The molecule has 9 heteroatoms. The van der Waals surface area contributed by atoms with E-state index in [4.69, 9.17) is 4.74 Å². The fourth-order valence-electron chi connectivity index (χ4n) is 3.60. The first-order valence-electron chi connectivity index (χ1n) is 9.65. The summed E-state index contributed by atoms with van der Waals surface area (Å²) in [6.07, 6.45) is 1.41. The maximum Gasteiger partial charge on any atom is 0.387 e. The van der Waals surface area contributed by atoms with E-state index in [0.717, 1.165) is 15.8 Å². The number of hydrogen-bond donors (Lipinski definition) is 1. The van der Waals surface area contributed by atoms with Crippen molar-refractivity contribution in [1.29, 1.82) is 0 Å². The van der Waals surface area contributed by atoms with E-state index in [-0.39, 0.29) is 5.75 Å². The number of carbonyl (C=O) groups is 2. The third kappa shape index (κ3) is 3.73. The molecule has 3 aromatic rings. The van der Waals surface area contributed by atoms with Crippen LogP contribution in [0.3, 0.4) is 0 Å². The van der Waals surface area contributed by atoms with E-state index in [9.17, 15) is 18.4 Å². The summed E-state index contributed by atoms with van der Waals surface area (Å²) < 4.78 is 34.5. The summed E-state index contributed by atoms with van der Waals surface area (Å²) in [4.78, 5) is 25.6. The van der Waals surface area contributed by atoms with Gasteiger partial charge in [-0.1, -0.05) is 42.5 Å². The average Bonchev–Trinajstić information content (AvgIpc) is 3.00. The molecule has 1 atom stereocenters. The van der Waals surface area contributed by atoms with Crippen molar-refractivity contribution in [3.8, 4) is 11.5 Å². The number of nitrogens with zero attached hydrogens (tertiary/aromatic N) is 2. The highest BCUT2D eigenvalue weighted by atomic mass is 19.3. The Morgan fingerprint density at radius 1 is 1.06 bits per heavy atom. The largest absolute Gasteiger partial charge is 0.496 e. The number of urea groups is 1. The number of ether oxygens (including phenoxy) is 2. The monoisotopic (exact) mass is 439 g/mol. The first kappa shape index (κ1) is 21.2. The Bertz CT molecular complexity index is 1210. The minimum atomic E-state index is -2.96. The smallest absolute Gasteiger partial charge is 0.387 e. The predicted octanol–water partition coefficient (Wildman–Crippen LogP) is 4.25.